The highest BCUT2D eigenvalue weighted by molar-refractivity contribution is 5.99. The van der Waals surface area contributed by atoms with E-state index in [1.807, 2.05) is 0 Å². The van der Waals surface area contributed by atoms with Crippen LogP contribution in [0.3, 0.4) is 0 Å². The quantitative estimate of drug-likeness (QED) is 0.547. The Labute approximate surface area is 85.1 Å². The minimum absolute atomic E-state index is 0.702. The van der Waals surface area contributed by atoms with E-state index in [-0.39, 0.29) is 0 Å². The van der Waals surface area contributed by atoms with Crippen LogP contribution in [-0.4, -0.2) is 23.4 Å². The van der Waals surface area contributed by atoms with Gasteiger partial charge in [-0.15, -0.1) is 0 Å². The summed E-state index contributed by atoms with van der Waals surface area (Å²) in [7, 11) is 0. The highest BCUT2D eigenvalue weighted by Crippen LogP contribution is 2.28. The van der Waals surface area contributed by atoms with Crippen molar-refractivity contribution in [2.45, 2.75) is 25.7 Å². The van der Waals surface area contributed by atoms with E-state index in [9.17, 15) is 0 Å². The molecule has 1 nitrogen and oxygen atoms in total. The van der Waals surface area contributed by atoms with Gasteiger partial charge in [-0.3, -0.25) is 0 Å². The molecule has 0 saturated heterocycles. The van der Waals surface area contributed by atoms with E-state index < -0.39 is 0 Å². The van der Waals surface area contributed by atoms with Crippen LogP contribution >= 0.6 is 0 Å². The molecule has 2 heterocycles. The third-order valence-corrected chi connectivity index (χ3v) is 3.52. The molecule has 0 saturated carbocycles. The van der Waals surface area contributed by atoms with Crippen molar-refractivity contribution < 1.29 is 4.58 Å². The molecule has 1 aromatic rings. The van der Waals surface area contributed by atoms with Crippen molar-refractivity contribution in [1.82, 2.24) is 0 Å². The van der Waals surface area contributed by atoms with Crippen molar-refractivity contribution in [2.75, 3.05) is 13.1 Å². The molecule has 0 fully saturated rings. The summed E-state index contributed by atoms with van der Waals surface area (Å²) < 4.78 is 2.58. The van der Waals surface area contributed by atoms with Gasteiger partial charge in [0.05, 0.1) is 0 Å². The van der Waals surface area contributed by atoms with Gasteiger partial charge in [-0.05, 0) is 11.6 Å². The summed E-state index contributed by atoms with van der Waals surface area (Å²) in [4.78, 5) is 0. The zero-order valence-corrected chi connectivity index (χ0v) is 8.66. The lowest BCUT2D eigenvalue weighted by Crippen LogP contribution is -2.27. The maximum atomic E-state index is 2.58. The fraction of sp³-hybridized carbons (Fsp3) is 0.462. The van der Waals surface area contributed by atoms with E-state index >= 15 is 0 Å². The lowest BCUT2D eigenvalue weighted by atomic mass is 9.90. The minimum Gasteiger partial charge on any atom is -0.232 e. The standard InChI is InChI=1S/C13H16N/c1-10-9-14-8-4-7-13(14)12-6-3-2-5-11(10)12/h2-3,5-6,10H,4,7-9H2,1H3/q+1. The Morgan fingerprint density at radius 1 is 1.29 bits per heavy atom. The second kappa shape index (κ2) is 2.94. The zero-order chi connectivity index (χ0) is 9.54. The number of rotatable bonds is 0. The number of hydrogen-bond acceptors (Lipinski definition) is 0. The minimum atomic E-state index is 0.702. The molecular formula is C13H16N+. The first-order valence-corrected chi connectivity index (χ1v) is 5.56. The van der Waals surface area contributed by atoms with Gasteiger partial charge in [0.15, 0.2) is 5.71 Å². The van der Waals surface area contributed by atoms with Crippen molar-refractivity contribution in [3.8, 4) is 0 Å². The van der Waals surface area contributed by atoms with E-state index in [1.54, 1.807) is 11.3 Å². The predicted octanol–water partition coefficient (Wildman–Crippen LogP) is 2.40. The highest BCUT2D eigenvalue weighted by atomic mass is 15.0. The van der Waals surface area contributed by atoms with Crippen LogP contribution in [0.15, 0.2) is 24.3 Å². The maximum Gasteiger partial charge on any atom is 0.183 e. The van der Waals surface area contributed by atoms with Crippen LogP contribution in [-0.2, 0) is 0 Å². The average Bonchev–Trinajstić information content (AvgIpc) is 2.66. The number of benzene rings is 1. The van der Waals surface area contributed by atoms with Gasteiger partial charge in [0.25, 0.3) is 0 Å². The van der Waals surface area contributed by atoms with Crippen molar-refractivity contribution in [2.24, 2.45) is 0 Å². The van der Waals surface area contributed by atoms with Gasteiger partial charge >= 0.3 is 0 Å². The van der Waals surface area contributed by atoms with Gasteiger partial charge in [-0.25, -0.2) is 4.58 Å². The number of hydrogen-bond donors (Lipinski definition) is 0. The third kappa shape index (κ3) is 1.05. The molecule has 1 heteroatoms. The molecule has 0 N–H and O–H groups in total. The van der Waals surface area contributed by atoms with Crippen LogP contribution in [0.2, 0.25) is 0 Å². The summed E-state index contributed by atoms with van der Waals surface area (Å²) in [5.41, 5.74) is 4.67. The molecule has 1 unspecified atom stereocenters. The topological polar surface area (TPSA) is 3.01 Å². The summed E-state index contributed by atoms with van der Waals surface area (Å²) in [6, 6.07) is 8.92. The molecule has 0 amide bonds. The maximum absolute atomic E-state index is 2.58. The number of nitrogens with zero attached hydrogens (tertiary/aromatic N) is 1. The van der Waals surface area contributed by atoms with Crippen molar-refractivity contribution in [1.29, 1.82) is 0 Å². The lowest BCUT2D eigenvalue weighted by molar-refractivity contribution is -0.523. The molecule has 14 heavy (non-hydrogen) atoms. The highest BCUT2D eigenvalue weighted by Gasteiger charge is 2.32. The second-order valence-corrected chi connectivity index (χ2v) is 4.48. The fourth-order valence-corrected chi connectivity index (χ4v) is 2.86. The molecule has 1 aromatic carbocycles. The largest absolute Gasteiger partial charge is 0.232 e. The molecule has 0 radical (unpaired) electrons. The van der Waals surface area contributed by atoms with Gasteiger partial charge in [-0.1, -0.05) is 25.1 Å². The number of fused-ring (bicyclic) bond motifs is 2. The first-order valence-electron chi connectivity index (χ1n) is 5.56. The van der Waals surface area contributed by atoms with Gasteiger partial charge in [-0.2, -0.15) is 0 Å². The van der Waals surface area contributed by atoms with Crippen molar-refractivity contribution in [3.63, 3.8) is 0 Å². The molecule has 0 aliphatic carbocycles. The van der Waals surface area contributed by atoms with Crippen LogP contribution in [0.1, 0.15) is 36.8 Å². The Balaban J connectivity index is 2.20. The summed E-state index contributed by atoms with van der Waals surface area (Å²) >= 11 is 0. The Morgan fingerprint density at radius 2 is 2.14 bits per heavy atom. The summed E-state index contributed by atoms with van der Waals surface area (Å²) in [6.07, 6.45) is 2.63. The fourth-order valence-electron chi connectivity index (χ4n) is 2.86. The third-order valence-electron chi connectivity index (χ3n) is 3.52. The zero-order valence-electron chi connectivity index (χ0n) is 8.66. The predicted molar refractivity (Wildman–Crippen MR) is 58.2 cm³/mol. The average molecular weight is 186 g/mol. The SMILES string of the molecule is CC1C[N+]2=C(CCC2)c2ccccc21. The monoisotopic (exact) mass is 186 g/mol. The molecule has 0 aromatic heterocycles. The molecular weight excluding hydrogens is 170 g/mol. The molecule has 2 aliphatic heterocycles. The van der Waals surface area contributed by atoms with Crippen LogP contribution in [0.4, 0.5) is 0 Å². The smallest absolute Gasteiger partial charge is 0.183 e. The van der Waals surface area contributed by atoms with E-state index in [2.05, 4.69) is 35.8 Å². The molecule has 1 atom stereocenters. The Morgan fingerprint density at radius 3 is 3.07 bits per heavy atom. The van der Waals surface area contributed by atoms with Crippen molar-refractivity contribution in [3.05, 3.63) is 35.4 Å². The van der Waals surface area contributed by atoms with Crippen LogP contribution < -0.4 is 0 Å². The van der Waals surface area contributed by atoms with Crippen LogP contribution in [0.25, 0.3) is 0 Å². The first-order chi connectivity index (χ1) is 6.86. The van der Waals surface area contributed by atoms with Gasteiger partial charge in [0.2, 0.25) is 0 Å². The van der Waals surface area contributed by atoms with Gasteiger partial charge in [0.1, 0.15) is 13.1 Å². The van der Waals surface area contributed by atoms with Crippen LogP contribution in [0.5, 0.6) is 0 Å². The van der Waals surface area contributed by atoms with Crippen LogP contribution in [0, 0.1) is 0 Å². The second-order valence-electron chi connectivity index (χ2n) is 4.48. The Hall–Kier alpha value is -1.11. The lowest BCUT2D eigenvalue weighted by Gasteiger charge is -2.19. The van der Waals surface area contributed by atoms with E-state index in [0.717, 1.165) is 0 Å². The van der Waals surface area contributed by atoms with Gasteiger partial charge in [0, 0.05) is 24.3 Å². The van der Waals surface area contributed by atoms with E-state index in [4.69, 9.17) is 0 Å². The summed E-state index contributed by atoms with van der Waals surface area (Å²) in [6.45, 7) is 4.84. The summed E-state index contributed by atoms with van der Waals surface area (Å²) in [5, 5.41) is 0. The Bertz CT molecular complexity index is 403. The van der Waals surface area contributed by atoms with E-state index in [0.29, 0.717) is 5.92 Å². The van der Waals surface area contributed by atoms with E-state index in [1.165, 1.54) is 31.5 Å². The normalized spacial score (nSPS) is 24.8. The van der Waals surface area contributed by atoms with Gasteiger partial charge < -0.3 is 0 Å². The summed E-state index contributed by atoms with van der Waals surface area (Å²) in [5.74, 6) is 0.702. The van der Waals surface area contributed by atoms with Crippen molar-refractivity contribution >= 4 is 5.71 Å². The first kappa shape index (κ1) is 8.22. The molecule has 0 spiro atoms. The molecule has 0 bridgehead atoms. The molecule has 72 valence electrons. The molecule has 3 rings (SSSR count). The Kier molecular flexibility index (Phi) is 1.73. The molecule has 2 aliphatic rings.